The minimum Gasteiger partial charge on any atom is -0.414 e. The summed E-state index contributed by atoms with van der Waals surface area (Å²) in [5, 5.41) is 24.2. The van der Waals surface area contributed by atoms with Gasteiger partial charge in [-0.2, -0.15) is 0 Å². The van der Waals surface area contributed by atoms with Crippen LogP contribution in [-0.4, -0.2) is 61.9 Å². The van der Waals surface area contributed by atoms with Crippen molar-refractivity contribution in [3.05, 3.63) is 35.9 Å². The van der Waals surface area contributed by atoms with Gasteiger partial charge in [0.25, 0.3) is 0 Å². The number of aliphatic hydroxyl groups is 2. The Bertz CT molecular complexity index is 632. The average Bonchev–Trinajstić information content (AvgIpc) is 2.95. The molecule has 0 unspecified atom stereocenters. The molecule has 1 heterocycles. The summed E-state index contributed by atoms with van der Waals surface area (Å²) in [6.07, 6.45) is -1.92. The van der Waals surface area contributed by atoms with Crippen LogP contribution in [0.15, 0.2) is 30.3 Å². The predicted octanol–water partition coefficient (Wildman–Crippen LogP) is 3.04. The second kappa shape index (κ2) is 9.56. The van der Waals surface area contributed by atoms with E-state index in [0.717, 1.165) is 5.56 Å². The molecule has 0 bridgehead atoms. The van der Waals surface area contributed by atoms with Crippen molar-refractivity contribution in [2.75, 3.05) is 13.2 Å². The first kappa shape index (κ1) is 24.5. The van der Waals surface area contributed by atoms with Crippen molar-refractivity contribution >= 4 is 8.32 Å². The van der Waals surface area contributed by atoms with E-state index in [1.54, 1.807) is 0 Å². The topological polar surface area (TPSA) is 80.2 Å². The maximum atomic E-state index is 11.0. The Kier molecular flexibility index (Phi) is 8.06. The van der Waals surface area contributed by atoms with Gasteiger partial charge in [0.2, 0.25) is 0 Å². The van der Waals surface area contributed by atoms with Crippen molar-refractivity contribution in [3.8, 4) is 0 Å². The van der Waals surface area contributed by atoms with E-state index in [1.165, 1.54) is 0 Å². The first-order chi connectivity index (χ1) is 13.4. The van der Waals surface area contributed by atoms with E-state index in [2.05, 4.69) is 39.2 Å². The fourth-order valence-corrected chi connectivity index (χ4v) is 4.17. The molecule has 1 saturated heterocycles. The summed E-state index contributed by atoms with van der Waals surface area (Å²) < 4.78 is 18.4. The lowest BCUT2D eigenvalue weighted by atomic mass is 10.0. The lowest BCUT2D eigenvalue weighted by Gasteiger charge is -2.37. The van der Waals surface area contributed by atoms with Crippen LogP contribution in [0.1, 0.15) is 40.2 Å². The van der Waals surface area contributed by atoms with Crippen molar-refractivity contribution in [2.24, 2.45) is 0 Å². The van der Waals surface area contributed by atoms with Gasteiger partial charge in [-0.1, -0.05) is 51.1 Å². The molecule has 29 heavy (non-hydrogen) atoms. The number of benzene rings is 1. The van der Waals surface area contributed by atoms with Crippen LogP contribution in [-0.2, 0) is 20.4 Å². The summed E-state index contributed by atoms with van der Waals surface area (Å²) in [6, 6.07) is 9.36. The normalized spacial score (nSPS) is 24.4. The van der Waals surface area contributed by atoms with E-state index < -0.39 is 38.5 Å². The fourth-order valence-electron chi connectivity index (χ4n) is 3.16. The van der Waals surface area contributed by atoms with Crippen LogP contribution in [0.3, 0.4) is 0 Å². The summed E-state index contributed by atoms with van der Waals surface area (Å²) in [5.74, 6) is -0.813. The highest BCUT2D eigenvalue weighted by Crippen LogP contribution is 2.38. The van der Waals surface area contributed by atoms with E-state index in [1.807, 2.05) is 44.2 Å². The maximum Gasteiger partial charge on any atom is 0.192 e. The molecule has 1 aliphatic rings. The standard InChI is InChI=1S/C22H39NO5Si/c1-21(2,3)29(6,7)26-15-18-20(28-22(4,5)27-18)19(25)17(14-24)23-13-16-11-9-8-10-12-16/h8-12,17-20,23-25H,13-15H2,1-7H3/t17-,18+,19-,20-/m1/s1. The first-order valence-electron chi connectivity index (χ1n) is 10.4. The smallest absolute Gasteiger partial charge is 0.192 e. The minimum atomic E-state index is -1.96. The van der Waals surface area contributed by atoms with Crippen LogP contribution in [0.5, 0.6) is 0 Å². The third kappa shape index (κ3) is 6.59. The molecule has 2 rings (SSSR count). The molecule has 1 aliphatic heterocycles. The second-order valence-corrected chi connectivity index (χ2v) is 14.7. The number of nitrogens with one attached hydrogen (secondary N) is 1. The zero-order valence-electron chi connectivity index (χ0n) is 18.9. The largest absolute Gasteiger partial charge is 0.414 e. The minimum absolute atomic E-state index is 0.0843. The van der Waals surface area contributed by atoms with Crippen LogP contribution in [0.25, 0.3) is 0 Å². The molecule has 0 saturated carbocycles. The van der Waals surface area contributed by atoms with Crippen LogP contribution in [0.4, 0.5) is 0 Å². The van der Waals surface area contributed by atoms with Gasteiger partial charge in [0.05, 0.1) is 19.3 Å². The quantitative estimate of drug-likeness (QED) is 0.528. The van der Waals surface area contributed by atoms with Crippen LogP contribution < -0.4 is 5.32 Å². The molecule has 166 valence electrons. The Labute approximate surface area is 176 Å². The van der Waals surface area contributed by atoms with E-state index in [0.29, 0.717) is 13.2 Å². The molecule has 4 atom stereocenters. The number of ether oxygens (including phenoxy) is 2. The zero-order valence-corrected chi connectivity index (χ0v) is 19.9. The van der Waals surface area contributed by atoms with Crippen molar-refractivity contribution in [1.82, 2.24) is 5.32 Å². The highest BCUT2D eigenvalue weighted by atomic mass is 28.4. The summed E-state index contributed by atoms with van der Waals surface area (Å²) in [5.41, 5.74) is 1.08. The van der Waals surface area contributed by atoms with E-state index in [-0.39, 0.29) is 11.6 Å². The fraction of sp³-hybridized carbons (Fsp3) is 0.727. The summed E-state index contributed by atoms with van der Waals surface area (Å²) in [6.45, 7) is 15.3. The van der Waals surface area contributed by atoms with Crippen molar-refractivity contribution < 1.29 is 24.1 Å². The van der Waals surface area contributed by atoms with Crippen molar-refractivity contribution in [2.45, 2.75) is 89.4 Å². The monoisotopic (exact) mass is 425 g/mol. The van der Waals surface area contributed by atoms with Gasteiger partial charge in [-0.25, -0.2) is 0 Å². The van der Waals surface area contributed by atoms with Gasteiger partial charge >= 0.3 is 0 Å². The van der Waals surface area contributed by atoms with Gasteiger partial charge in [0, 0.05) is 6.54 Å². The van der Waals surface area contributed by atoms with Gasteiger partial charge in [-0.3, -0.25) is 0 Å². The summed E-state index contributed by atoms with van der Waals surface area (Å²) >= 11 is 0. The van der Waals surface area contributed by atoms with E-state index in [4.69, 9.17) is 13.9 Å². The summed E-state index contributed by atoms with van der Waals surface area (Å²) in [7, 11) is -1.96. The number of hydrogen-bond acceptors (Lipinski definition) is 6. The molecule has 1 fully saturated rings. The summed E-state index contributed by atoms with van der Waals surface area (Å²) in [4.78, 5) is 0. The van der Waals surface area contributed by atoms with E-state index >= 15 is 0 Å². The highest BCUT2D eigenvalue weighted by molar-refractivity contribution is 6.74. The van der Waals surface area contributed by atoms with E-state index in [9.17, 15) is 10.2 Å². The maximum absolute atomic E-state index is 11.0. The van der Waals surface area contributed by atoms with Crippen LogP contribution in [0.2, 0.25) is 18.1 Å². The molecular formula is C22H39NO5Si. The molecule has 3 N–H and O–H groups in total. The van der Waals surface area contributed by atoms with Crippen LogP contribution in [0, 0.1) is 0 Å². The van der Waals surface area contributed by atoms with Crippen molar-refractivity contribution in [1.29, 1.82) is 0 Å². The predicted molar refractivity (Wildman–Crippen MR) is 117 cm³/mol. The number of hydrogen-bond donors (Lipinski definition) is 3. The number of aliphatic hydroxyl groups excluding tert-OH is 2. The lowest BCUT2D eigenvalue weighted by Crippen LogP contribution is -2.53. The third-order valence-electron chi connectivity index (χ3n) is 5.99. The van der Waals surface area contributed by atoms with Gasteiger partial charge in [-0.05, 0) is 37.5 Å². The Balaban J connectivity index is 2.05. The third-order valence-corrected chi connectivity index (χ3v) is 10.5. The van der Waals surface area contributed by atoms with Crippen LogP contribution >= 0.6 is 0 Å². The Morgan fingerprint density at radius 1 is 1.17 bits per heavy atom. The molecule has 0 spiro atoms. The molecule has 0 aromatic heterocycles. The molecule has 7 heteroatoms. The Morgan fingerprint density at radius 3 is 2.34 bits per heavy atom. The lowest BCUT2D eigenvalue weighted by molar-refractivity contribution is -0.159. The first-order valence-corrected chi connectivity index (χ1v) is 13.3. The van der Waals surface area contributed by atoms with Gasteiger partial charge in [0.15, 0.2) is 14.1 Å². The molecule has 6 nitrogen and oxygen atoms in total. The highest BCUT2D eigenvalue weighted by Gasteiger charge is 2.48. The van der Waals surface area contributed by atoms with Crippen molar-refractivity contribution in [3.63, 3.8) is 0 Å². The molecule has 1 aromatic carbocycles. The molecular weight excluding hydrogens is 386 g/mol. The molecule has 0 amide bonds. The number of rotatable bonds is 9. The van der Waals surface area contributed by atoms with Gasteiger partial charge in [0.1, 0.15) is 18.3 Å². The molecule has 0 radical (unpaired) electrons. The zero-order chi connectivity index (χ0) is 21.9. The second-order valence-electron chi connectivity index (χ2n) is 9.86. The molecule has 1 aromatic rings. The average molecular weight is 426 g/mol. The van der Waals surface area contributed by atoms with Gasteiger partial charge < -0.3 is 29.4 Å². The SMILES string of the molecule is CC1(C)O[C@@H]([C@H](O)[C@@H](CO)NCc2ccccc2)[C@H](CO[Si](C)(C)C(C)(C)C)O1. The Hall–Kier alpha value is -0.803. The Morgan fingerprint density at radius 2 is 1.79 bits per heavy atom. The molecule has 0 aliphatic carbocycles. The van der Waals surface area contributed by atoms with Gasteiger partial charge in [-0.15, -0.1) is 0 Å².